The minimum absolute atomic E-state index is 0.0598. The molecule has 20 heavy (non-hydrogen) atoms. The van der Waals surface area contributed by atoms with E-state index in [1.165, 1.54) is 0 Å². The SMILES string of the molecule is CC(C)Oc1cccc(C(=O)N2CCCCC2CCl)c1. The Balaban J connectivity index is 2.15. The molecule has 4 heteroatoms. The lowest BCUT2D eigenvalue weighted by Gasteiger charge is -2.34. The average molecular weight is 296 g/mol. The average Bonchev–Trinajstić information content (AvgIpc) is 2.46. The normalized spacial score (nSPS) is 19.2. The molecule has 1 amide bonds. The molecular weight excluding hydrogens is 274 g/mol. The third kappa shape index (κ3) is 3.66. The van der Waals surface area contributed by atoms with E-state index in [0.29, 0.717) is 11.4 Å². The number of carbonyl (C=O) groups excluding carboxylic acids is 1. The summed E-state index contributed by atoms with van der Waals surface area (Å²) in [5.41, 5.74) is 0.681. The highest BCUT2D eigenvalue weighted by molar-refractivity contribution is 6.18. The maximum Gasteiger partial charge on any atom is 0.254 e. The number of hydrogen-bond acceptors (Lipinski definition) is 2. The quantitative estimate of drug-likeness (QED) is 0.793. The molecule has 0 radical (unpaired) electrons. The van der Waals surface area contributed by atoms with Crippen molar-refractivity contribution in [2.45, 2.75) is 45.3 Å². The Bertz CT molecular complexity index is 462. The van der Waals surface area contributed by atoms with Crippen LogP contribution in [0.1, 0.15) is 43.5 Å². The number of benzene rings is 1. The van der Waals surface area contributed by atoms with Gasteiger partial charge in [0.25, 0.3) is 5.91 Å². The maximum absolute atomic E-state index is 12.6. The Morgan fingerprint density at radius 2 is 2.25 bits per heavy atom. The van der Waals surface area contributed by atoms with Crippen LogP contribution >= 0.6 is 11.6 Å². The van der Waals surface area contributed by atoms with Crippen LogP contribution in [0.3, 0.4) is 0 Å². The summed E-state index contributed by atoms with van der Waals surface area (Å²) in [6.07, 6.45) is 3.31. The second-order valence-electron chi connectivity index (χ2n) is 5.50. The molecule has 0 N–H and O–H groups in total. The molecule has 1 aromatic carbocycles. The highest BCUT2D eigenvalue weighted by atomic mass is 35.5. The first-order chi connectivity index (χ1) is 9.61. The van der Waals surface area contributed by atoms with Crippen molar-refractivity contribution in [1.29, 1.82) is 0 Å². The third-order valence-electron chi connectivity index (χ3n) is 3.52. The van der Waals surface area contributed by atoms with E-state index in [-0.39, 0.29) is 18.1 Å². The van der Waals surface area contributed by atoms with Crippen molar-refractivity contribution < 1.29 is 9.53 Å². The lowest BCUT2D eigenvalue weighted by molar-refractivity contribution is 0.0638. The summed E-state index contributed by atoms with van der Waals surface area (Å²) in [7, 11) is 0. The topological polar surface area (TPSA) is 29.5 Å². The zero-order valence-electron chi connectivity index (χ0n) is 12.1. The fraction of sp³-hybridized carbons (Fsp3) is 0.562. The Morgan fingerprint density at radius 1 is 1.45 bits per heavy atom. The molecule has 1 aromatic rings. The molecular formula is C16H22ClNO2. The third-order valence-corrected chi connectivity index (χ3v) is 3.88. The second kappa shape index (κ2) is 6.98. The molecule has 0 saturated carbocycles. The van der Waals surface area contributed by atoms with E-state index in [0.717, 1.165) is 31.6 Å². The van der Waals surface area contributed by atoms with Gasteiger partial charge in [-0.25, -0.2) is 0 Å². The molecule has 0 aliphatic carbocycles. The van der Waals surface area contributed by atoms with Crippen LogP contribution in [0.2, 0.25) is 0 Å². The van der Waals surface area contributed by atoms with E-state index < -0.39 is 0 Å². The van der Waals surface area contributed by atoms with Gasteiger partial charge in [-0.3, -0.25) is 4.79 Å². The lowest BCUT2D eigenvalue weighted by atomic mass is 10.0. The van der Waals surface area contributed by atoms with Gasteiger partial charge in [-0.1, -0.05) is 6.07 Å². The molecule has 1 aliphatic rings. The van der Waals surface area contributed by atoms with E-state index in [9.17, 15) is 4.79 Å². The van der Waals surface area contributed by atoms with Gasteiger partial charge in [-0.05, 0) is 51.3 Å². The molecule has 1 fully saturated rings. The van der Waals surface area contributed by atoms with Crippen molar-refractivity contribution in [2.75, 3.05) is 12.4 Å². The number of ether oxygens (including phenoxy) is 1. The molecule has 0 aromatic heterocycles. The van der Waals surface area contributed by atoms with Gasteiger partial charge in [0.05, 0.1) is 6.10 Å². The summed E-state index contributed by atoms with van der Waals surface area (Å²) >= 11 is 5.99. The van der Waals surface area contributed by atoms with Crippen molar-refractivity contribution in [2.24, 2.45) is 0 Å². The molecule has 1 aliphatic heterocycles. The van der Waals surface area contributed by atoms with Gasteiger partial charge in [0, 0.05) is 24.0 Å². The van der Waals surface area contributed by atoms with Crippen LogP contribution in [0.25, 0.3) is 0 Å². The predicted molar refractivity (Wildman–Crippen MR) is 81.6 cm³/mol. The van der Waals surface area contributed by atoms with Crippen molar-refractivity contribution in [3.63, 3.8) is 0 Å². The zero-order chi connectivity index (χ0) is 14.5. The van der Waals surface area contributed by atoms with Crippen LogP contribution in [-0.4, -0.2) is 35.4 Å². The van der Waals surface area contributed by atoms with Crippen LogP contribution in [0.5, 0.6) is 5.75 Å². The number of hydrogen-bond donors (Lipinski definition) is 0. The standard InChI is InChI=1S/C16H22ClNO2/c1-12(2)20-15-8-5-6-13(10-15)16(19)18-9-4-3-7-14(18)11-17/h5-6,8,10,12,14H,3-4,7,9,11H2,1-2H3. The van der Waals surface area contributed by atoms with Crippen LogP contribution in [-0.2, 0) is 0 Å². The Kier molecular flexibility index (Phi) is 5.30. The first-order valence-corrected chi connectivity index (χ1v) is 7.79. The summed E-state index contributed by atoms with van der Waals surface area (Å²) in [5, 5.41) is 0. The number of rotatable bonds is 4. The van der Waals surface area contributed by atoms with Crippen molar-refractivity contribution >= 4 is 17.5 Å². The maximum atomic E-state index is 12.6. The molecule has 1 unspecified atom stereocenters. The van der Waals surface area contributed by atoms with Crippen LogP contribution in [0.15, 0.2) is 24.3 Å². The summed E-state index contributed by atoms with van der Waals surface area (Å²) in [6, 6.07) is 7.57. The summed E-state index contributed by atoms with van der Waals surface area (Å²) in [6.45, 7) is 4.75. The number of carbonyl (C=O) groups is 1. The van der Waals surface area contributed by atoms with E-state index in [1.54, 1.807) is 0 Å². The monoisotopic (exact) mass is 295 g/mol. The largest absolute Gasteiger partial charge is 0.491 e. The predicted octanol–water partition coefficient (Wildman–Crippen LogP) is 3.71. The number of amides is 1. The second-order valence-corrected chi connectivity index (χ2v) is 5.81. The van der Waals surface area contributed by atoms with Gasteiger partial charge in [-0.15, -0.1) is 11.6 Å². The van der Waals surface area contributed by atoms with Gasteiger partial charge in [-0.2, -0.15) is 0 Å². The van der Waals surface area contributed by atoms with Gasteiger partial charge in [0.1, 0.15) is 5.75 Å². The van der Waals surface area contributed by atoms with Crippen LogP contribution in [0.4, 0.5) is 0 Å². The summed E-state index contributed by atoms with van der Waals surface area (Å²) < 4.78 is 5.65. The fourth-order valence-electron chi connectivity index (χ4n) is 2.57. The zero-order valence-corrected chi connectivity index (χ0v) is 12.9. The van der Waals surface area contributed by atoms with Crippen molar-refractivity contribution in [1.82, 2.24) is 4.90 Å². The molecule has 2 rings (SSSR count). The molecule has 3 nitrogen and oxygen atoms in total. The first-order valence-electron chi connectivity index (χ1n) is 7.25. The highest BCUT2D eigenvalue weighted by Crippen LogP contribution is 2.22. The van der Waals surface area contributed by atoms with Crippen LogP contribution < -0.4 is 4.74 Å². The first kappa shape index (κ1) is 15.2. The summed E-state index contributed by atoms with van der Waals surface area (Å²) in [5.74, 6) is 1.31. The number of halogens is 1. The number of piperidine rings is 1. The smallest absolute Gasteiger partial charge is 0.254 e. The van der Waals surface area contributed by atoms with Gasteiger partial charge >= 0.3 is 0 Å². The minimum atomic E-state index is 0.0598. The van der Waals surface area contributed by atoms with Crippen LogP contribution in [0, 0.1) is 0 Å². The molecule has 1 saturated heterocycles. The summed E-state index contributed by atoms with van der Waals surface area (Å²) in [4.78, 5) is 14.5. The highest BCUT2D eigenvalue weighted by Gasteiger charge is 2.26. The fourth-order valence-corrected chi connectivity index (χ4v) is 2.89. The van der Waals surface area contributed by atoms with Gasteiger partial charge in [0.15, 0.2) is 0 Å². The molecule has 1 atom stereocenters. The lowest BCUT2D eigenvalue weighted by Crippen LogP contribution is -2.44. The minimum Gasteiger partial charge on any atom is -0.491 e. The van der Waals surface area contributed by atoms with E-state index in [2.05, 4.69) is 0 Å². The number of nitrogens with zero attached hydrogens (tertiary/aromatic N) is 1. The molecule has 0 bridgehead atoms. The number of alkyl halides is 1. The molecule has 0 spiro atoms. The Morgan fingerprint density at radius 3 is 2.95 bits per heavy atom. The Hall–Kier alpha value is -1.22. The Labute approximate surface area is 125 Å². The van der Waals surface area contributed by atoms with E-state index in [4.69, 9.17) is 16.3 Å². The van der Waals surface area contributed by atoms with Crippen molar-refractivity contribution in [3.05, 3.63) is 29.8 Å². The van der Waals surface area contributed by atoms with Crippen molar-refractivity contribution in [3.8, 4) is 5.75 Å². The van der Waals surface area contributed by atoms with Gasteiger partial charge in [0.2, 0.25) is 0 Å². The van der Waals surface area contributed by atoms with Gasteiger partial charge < -0.3 is 9.64 Å². The molecule has 110 valence electrons. The molecule has 1 heterocycles. The van der Waals surface area contributed by atoms with E-state index in [1.807, 2.05) is 43.0 Å². The van der Waals surface area contributed by atoms with E-state index >= 15 is 0 Å². The number of likely N-dealkylation sites (tertiary alicyclic amines) is 1.